The second kappa shape index (κ2) is 5.25. The zero-order chi connectivity index (χ0) is 14.1. The molecule has 0 saturated carbocycles. The van der Waals surface area contributed by atoms with Crippen LogP contribution < -0.4 is 10.6 Å². The van der Waals surface area contributed by atoms with Crippen molar-refractivity contribution in [3.63, 3.8) is 0 Å². The fraction of sp³-hybridized carbons (Fsp3) is 0.467. The van der Waals surface area contributed by atoms with Gasteiger partial charge in [-0.25, -0.2) is 9.97 Å². The van der Waals surface area contributed by atoms with Gasteiger partial charge in [0.25, 0.3) is 0 Å². The van der Waals surface area contributed by atoms with Crippen molar-refractivity contribution >= 4 is 22.4 Å². The lowest BCUT2D eigenvalue weighted by atomic mass is 10.0. The third kappa shape index (κ3) is 2.41. The van der Waals surface area contributed by atoms with Crippen LogP contribution in [-0.2, 0) is 0 Å². The van der Waals surface area contributed by atoms with E-state index in [0.29, 0.717) is 6.04 Å². The van der Waals surface area contributed by atoms with Gasteiger partial charge >= 0.3 is 0 Å². The van der Waals surface area contributed by atoms with Crippen LogP contribution in [0.3, 0.4) is 0 Å². The Balaban J connectivity index is 1.88. The first-order chi connectivity index (χ1) is 9.65. The molecule has 0 radical (unpaired) electrons. The molecule has 1 saturated heterocycles. The number of nitrogens with zero attached hydrogens (tertiary/aromatic N) is 4. The van der Waals surface area contributed by atoms with Crippen LogP contribution in [0.15, 0.2) is 24.5 Å². The normalized spacial score (nSPS) is 17.1. The van der Waals surface area contributed by atoms with E-state index in [-0.39, 0.29) is 0 Å². The van der Waals surface area contributed by atoms with Gasteiger partial charge in [-0.05, 0) is 45.1 Å². The van der Waals surface area contributed by atoms with Gasteiger partial charge in [0.2, 0.25) is 0 Å². The molecular formula is C15H21N5. The quantitative estimate of drug-likeness (QED) is 0.843. The Morgan fingerprint density at radius 1 is 1.20 bits per heavy atom. The summed E-state index contributed by atoms with van der Waals surface area (Å²) in [5.74, 6) is 1.03. The number of rotatable bonds is 2. The molecule has 2 aromatic rings. The summed E-state index contributed by atoms with van der Waals surface area (Å²) < 4.78 is 0. The fourth-order valence-electron chi connectivity index (χ4n) is 2.91. The van der Waals surface area contributed by atoms with E-state index in [1.54, 1.807) is 6.33 Å². The molecule has 5 heteroatoms. The summed E-state index contributed by atoms with van der Waals surface area (Å²) in [4.78, 5) is 13.5. The Hall–Kier alpha value is -1.88. The average molecular weight is 271 g/mol. The zero-order valence-electron chi connectivity index (χ0n) is 12.1. The number of piperidine rings is 1. The molecule has 1 aliphatic rings. The summed E-state index contributed by atoms with van der Waals surface area (Å²) in [5, 5.41) is 1.09. The van der Waals surface area contributed by atoms with Gasteiger partial charge < -0.3 is 15.5 Å². The molecule has 1 aromatic carbocycles. The maximum absolute atomic E-state index is 5.82. The molecule has 0 bridgehead atoms. The van der Waals surface area contributed by atoms with E-state index in [1.807, 2.05) is 18.2 Å². The molecule has 106 valence electrons. The van der Waals surface area contributed by atoms with Gasteiger partial charge in [0.15, 0.2) is 0 Å². The molecule has 0 unspecified atom stereocenters. The first-order valence-electron chi connectivity index (χ1n) is 7.07. The molecule has 0 aliphatic carbocycles. The Labute approximate surface area is 119 Å². The predicted molar refractivity (Wildman–Crippen MR) is 82.9 cm³/mol. The van der Waals surface area contributed by atoms with Crippen molar-refractivity contribution in [1.29, 1.82) is 0 Å². The highest BCUT2D eigenvalue weighted by molar-refractivity contribution is 5.91. The van der Waals surface area contributed by atoms with Crippen LogP contribution in [0, 0.1) is 0 Å². The lowest BCUT2D eigenvalue weighted by Crippen LogP contribution is -2.42. The molecule has 5 nitrogen and oxygen atoms in total. The Bertz CT molecular complexity index is 602. The van der Waals surface area contributed by atoms with Crippen LogP contribution in [0.4, 0.5) is 11.5 Å². The van der Waals surface area contributed by atoms with Crippen molar-refractivity contribution in [3.05, 3.63) is 24.5 Å². The number of aromatic nitrogens is 2. The van der Waals surface area contributed by atoms with Crippen LogP contribution >= 0.6 is 0 Å². The van der Waals surface area contributed by atoms with Crippen LogP contribution in [0.1, 0.15) is 12.8 Å². The summed E-state index contributed by atoms with van der Waals surface area (Å²) in [6.07, 6.45) is 3.98. The second-order valence-corrected chi connectivity index (χ2v) is 5.66. The van der Waals surface area contributed by atoms with E-state index < -0.39 is 0 Å². The number of hydrogen-bond acceptors (Lipinski definition) is 5. The topological polar surface area (TPSA) is 58.3 Å². The first-order valence-corrected chi connectivity index (χ1v) is 7.07. The fourth-order valence-corrected chi connectivity index (χ4v) is 2.91. The number of hydrogen-bond donors (Lipinski definition) is 1. The number of anilines is 2. The number of benzene rings is 1. The smallest absolute Gasteiger partial charge is 0.139 e. The van der Waals surface area contributed by atoms with Crippen molar-refractivity contribution < 1.29 is 0 Å². The molecule has 3 rings (SSSR count). The summed E-state index contributed by atoms with van der Waals surface area (Å²) >= 11 is 0. The zero-order valence-corrected chi connectivity index (χ0v) is 12.1. The van der Waals surface area contributed by atoms with Crippen molar-refractivity contribution in [2.75, 3.05) is 37.8 Å². The van der Waals surface area contributed by atoms with Gasteiger partial charge in [-0.1, -0.05) is 0 Å². The van der Waals surface area contributed by atoms with E-state index in [1.165, 1.54) is 12.8 Å². The van der Waals surface area contributed by atoms with Crippen LogP contribution in [0.25, 0.3) is 10.9 Å². The average Bonchev–Trinajstić information content (AvgIpc) is 2.46. The Kier molecular flexibility index (Phi) is 3.44. The van der Waals surface area contributed by atoms with Gasteiger partial charge in [-0.15, -0.1) is 0 Å². The summed E-state index contributed by atoms with van der Waals surface area (Å²) in [6, 6.07) is 6.53. The van der Waals surface area contributed by atoms with Crippen molar-refractivity contribution in [3.8, 4) is 0 Å². The van der Waals surface area contributed by atoms with Crippen molar-refractivity contribution in [2.45, 2.75) is 18.9 Å². The lowest BCUT2D eigenvalue weighted by molar-refractivity contribution is 0.249. The minimum absolute atomic E-state index is 0.676. The molecule has 1 aliphatic heterocycles. The predicted octanol–water partition coefficient (Wildman–Crippen LogP) is 1.74. The molecule has 1 fully saturated rings. The van der Waals surface area contributed by atoms with Gasteiger partial charge in [0, 0.05) is 30.2 Å². The maximum atomic E-state index is 5.82. The number of nitrogen functional groups attached to an aromatic ring is 1. The highest BCUT2D eigenvalue weighted by atomic mass is 15.2. The van der Waals surface area contributed by atoms with E-state index in [0.717, 1.165) is 35.5 Å². The standard InChI is InChI=1S/C15H21N5/c1-19(2)12-5-7-20(8-6-12)15-13-4-3-11(16)9-14(13)17-10-18-15/h3-4,9-10,12H,5-8,16H2,1-2H3. The third-order valence-corrected chi connectivity index (χ3v) is 4.13. The maximum Gasteiger partial charge on any atom is 0.139 e. The van der Waals surface area contributed by atoms with Gasteiger partial charge in [-0.2, -0.15) is 0 Å². The molecule has 0 atom stereocenters. The minimum atomic E-state index is 0.676. The van der Waals surface area contributed by atoms with E-state index in [2.05, 4.69) is 33.9 Å². The van der Waals surface area contributed by atoms with Gasteiger partial charge in [-0.3, -0.25) is 0 Å². The van der Waals surface area contributed by atoms with E-state index in [4.69, 9.17) is 5.73 Å². The highest BCUT2D eigenvalue weighted by Crippen LogP contribution is 2.27. The second-order valence-electron chi connectivity index (χ2n) is 5.66. The van der Waals surface area contributed by atoms with Gasteiger partial charge in [0.05, 0.1) is 5.52 Å². The van der Waals surface area contributed by atoms with Crippen molar-refractivity contribution in [1.82, 2.24) is 14.9 Å². The largest absolute Gasteiger partial charge is 0.399 e. The monoisotopic (exact) mass is 271 g/mol. The van der Waals surface area contributed by atoms with E-state index >= 15 is 0 Å². The van der Waals surface area contributed by atoms with Crippen molar-refractivity contribution in [2.24, 2.45) is 0 Å². The summed E-state index contributed by atoms with van der Waals surface area (Å²) in [7, 11) is 4.31. The van der Waals surface area contributed by atoms with Crippen LogP contribution in [0.2, 0.25) is 0 Å². The minimum Gasteiger partial charge on any atom is -0.399 e. The molecule has 1 aromatic heterocycles. The third-order valence-electron chi connectivity index (χ3n) is 4.13. The Morgan fingerprint density at radius 2 is 1.95 bits per heavy atom. The first kappa shape index (κ1) is 13.1. The molecular weight excluding hydrogens is 250 g/mol. The molecule has 0 amide bonds. The number of nitrogens with two attached hydrogens (primary N) is 1. The summed E-state index contributed by atoms with van der Waals surface area (Å²) in [5.41, 5.74) is 7.49. The van der Waals surface area contributed by atoms with Crippen LogP contribution in [-0.4, -0.2) is 48.1 Å². The SMILES string of the molecule is CN(C)C1CCN(c2ncnc3cc(N)ccc23)CC1. The lowest BCUT2D eigenvalue weighted by Gasteiger charge is -2.36. The molecule has 20 heavy (non-hydrogen) atoms. The summed E-state index contributed by atoms with van der Waals surface area (Å²) in [6.45, 7) is 2.08. The van der Waals surface area contributed by atoms with E-state index in [9.17, 15) is 0 Å². The number of fused-ring (bicyclic) bond motifs is 1. The Morgan fingerprint density at radius 3 is 2.65 bits per heavy atom. The van der Waals surface area contributed by atoms with Crippen LogP contribution in [0.5, 0.6) is 0 Å². The van der Waals surface area contributed by atoms with Gasteiger partial charge in [0.1, 0.15) is 12.1 Å². The highest BCUT2D eigenvalue weighted by Gasteiger charge is 2.22. The molecule has 2 heterocycles. The molecule has 0 spiro atoms. The molecule has 2 N–H and O–H groups in total.